The summed E-state index contributed by atoms with van der Waals surface area (Å²) >= 11 is 1.35. The van der Waals surface area contributed by atoms with Crippen molar-refractivity contribution in [3.05, 3.63) is 40.6 Å². The fourth-order valence-corrected chi connectivity index (χ4v) is 5.86. The van der Waals surface area contributed by atoms with Gasteiger partial charge in [0.15, 0.2) is 0 Å². The lowest BCUT2D eigenvalue weighted by atomic mass is 10.2. The van der Waals surface area contributed by atoms with E-state index in [1.54, 1.807) is 28.6 Å². The minimum Gasteiger partial charge on any atom is -0.378 e. The van der Waals surface area contributed by atoms with Crippen molar-refractivity contribution in [1.82, 2.24) is 4.31 Å². The number of hydrogen-bond acceptors (Lipinski definition) is 6. The average Bonchev–Trinajstić information content (AvgIpc) is 3.30. The van der Waals surface area contributed by atoms with E-state index >= 15 is 0 Å². The molecule has 2 saturated heterocycles. The summed E-state index contributed by atoms with van der Waals surface area (Å²) in [6.07, 6.45) is 2.82. The maximum Gasteiger partial charge on any atom is 0.265 e. The summed E-state index contributed by atoms with van der Waals surface area (Å²) in [5.74, 6) is -0.234. The first-order valence-electron chi connectivity index (χ1n) is 9.87. The first-order chi connectivity index (χ1) is 14.1. The number of nitrogens with one attached hydrogen (secondary N) is 1. The van der Waals surface area contributed by atoms with E-state index in [4.69, 9.17) is 4.74 Å². The lowest BCUT2D eigenvalue weighted by Crippen LogP contribution is -2.37. The molecule has 0 bridgehead atoms. The fraction of sp³-hybridized carbons (Fsp3) is 0.450. The highest BCUT2D eigenvalue weighted by Crippen LogP contribution is 2.32. The topological polar surface area (TPSA) is 79.0 Å². The van der Waals surface area contributed by atoms with Crippen molar-refractivity contribution in [3.8, 4) is 0 Å². The summed E-state index contributed by atoms with van der Waals surface area (Å²) in [6.45, 7) is 3.69. The molecule has 0 radical (unpaired) electrons. The van der Waals surface area contributed by atoms with Crippen LogP contribution >= 0.6 is 11.3 Å². The molecule has 0 unspecified atom stereocenters. The van der Waals surface area contributed by atoms with Crippen LogP contribution in [0.5, 0.6) is 0 Å². The molecule has 2 fully saturated rings. The Morgan fingerprint density at radius 2 is 1.79 bits per heavy atom. The summed E-state index contributed by atoms with van der Waals surface area (Å²) in [5, 5.41) is 4.77. The summed E-state index contributed by atoms with van der Waals surface area (Å²) in [7, 11) is -3.58. The quantitative estimate of drug-likeness (QED) is 0.781. The van der Waals surface area contributed by atoms with E-state index in [1.165, 1.54) is 11.3 Å². The van der Waals surface area contributed by atoms with Gasteiger partial charge in [-0.05, 0) is 42.5 Å². The van der Waals surface area contributed by atoms with E-state index in [2.05, 4.69) is 10.2 Å². The number of amides is 1. The average molecular weight is 436 g/mol. The molecule has 7 nitrogen and oxygen atoms in total. The van der Waals surface area contributed by atoms with E-state index in [0.29, 0.717) is 50.0 Å². The summed E-state index contributed by atoms with van der Waals surface area (Å²) in [5.41, 5.74) is 1.33. The zero-order chi connectivity index (χ0) is 20.3. The number of thiophene rings is 1. The van der Waals surface area contributed by atoms with Crippen molar-refractivity contribution in [2.45, 2.75) is 24.2 Å². The Morgan fingerprint density at radius 3 is 2.48 bits per heavy atom. The number of carbonyl (C=O) groups is 1. The van der Waals surface area contributed by atoms with Gasteiger partial charge in [-0.2, -0.15) is 4.31 Å². The zero-order valence-electron chi connectivity index (χ0n) is 16.2. The number of rotatable bonds is 5. The molecule has 2 aliphatic rings. The van der Waals surface area contributed by atoms with E-state index in [-0.39, 0.29) is 10.8 Å². The predicted octanol–water partition coefficient (Wildman–Crippen LogP) is 3.01. The van der Waals surface area contributed by atoms with E-state index in [0.717, 1.165) is 24.9 Å². The molecule has 1 aromatic carbocycles. The molecule has 9 heteroatoms. The van der Waals surface area contributed by atoms with Crippen LogP contribution in [-0.4, -0.2) is 58.0 Å². The Labute approximate surface area is 175 Å². The van der Waals surface area contributed by atoms with E-state index in [1.807, 2.05) is 11.4 Å². The van der Waals surface area contributed by atoms with Gasteiger partial charge in [0, 0.05) is 26.2 Å². The number of ether oxygens (including phenoxy) is 1. The molecule has 0 saturated carbocycles. The predicted molar refractivity (Wildman–Crippen MR) is 114 cm³/mol. The van der Waals surface area contributed by atoms with Crippen LogP contribution in [-0.2, 0) is 14.8 Å². The molecule has 2 aliphatic heterocycles. The van der Waals surface area contributed by atoms with E-state index < -0.39 is 10.0 Å². The van der Waals surface area contributed by atoms with Gasteiger partial charge in [0.2, 0.25) is 10.0 Å². The first-order valence-corrected chi connectivity index (χ1v) is 12.2. The number of piperidine rings is 1. The Morgan fingerprint density at radius 1 is 1.03 bits per heavy atom. The smallest absolute Gasteiger partial charge is 0.265 e. The largest absolute Gasteiger partial charge is 0.378 e. The fourth-order valence-electron chi connectivity index (χ4n) is 3.70. The minimum absolute atomic E-state index is 0.220. The highest BCUT2D eigenvalue weighted by molar-refractivity contribution is 7.89. The van der Waals surface area contributed by atoms with Gasteiger partial charge in [0.25, 0.3) is 5.91 Å². The number of benzene rings is 1. The van der Waals surface area contributed by atoms with Gasteiger partial charge in [-0.15, -0.1) is 11.3 Å². The van der Waals surface area contributed by atoms with Crippen molar-refractivity contribution >= 4 is 38.6 Å². The highest BCUT2D eigenvalue weighted by atomic mass is 32.2. The van der Waals surface area contributed by atoms with Crippen LogP contribution in [0.3, 0.4) is 0 Å². The van der Waals surface area contributed by atoms with Gasteiger partial charge in [0.1, 0.15) is 0 Å². The van der Waals surface area contributed by atoms with Crippen molar-refractivity contribution in [1.29, 1.82) is 0 Å². The molecule has 1 N–H and O–H groups in total. The summed E-state index contributed by atoms with van der Waals surface area (Å²) in [6, 6.07) is 8.62. The molecule has 2 aromatic rings. The lowest BCUT2D eigenvalue weighted by Gasteiger charge is -2.31. The number of morpholine rings is 1. The number of anilines is 2. The number of nitrogens with zero attached hydrogens (tertiary/aromatic N) is 2. The molecule has 1 amide bonds. The third-order valence-corrected chi connectivity index (χ3v) is 8.03. The van der Waals surface area contributed by atoms with Gasteiger partial charge in [0.05, 0.1) is 34.4 Å². The van der Waals surface area contributed by atoms with Crippen molar-refractivity contribution in [2.75, 3.05) is 49.6 Å². The number of hydrogen-bond donors (Lipinski definition) is 1. The van der Waals surface area contributed by atoms with Crippen LogP contribution in [0.2, 0.25) is 0 Å². The third kappa shape index (κ3) is 4.48. The molecule has 1 aromatic heterocycles. The molecular formula is C20H25N3O4S2. The number of carbonyl (C=O) groups excluding carboxylic acids is 1. The zero-order valence-corrected chi connectivity index (χ0v) is 17.8. The molecule has 0 atom stereocenters. The van der Waals surface area contributed by atoms with Crippen LogP contribution < -0.4 is 10.2 Å². The first kappa shape index (κ1) is 20.3. The monoisotopic (exact) mass is 435 g/mol. The third-order valence-electron chi connectivity index (χ3n) is 5.27. The van der Waals surface area contributed by atoms with Crippen LogP contribution in [0.4, 0.5) is 11.4 Å². The highest BCUT2D eigenvalue weighted by Gasteiger charge is 2.27. The van der Waals surface area contributed by atoms with Crippen LogP contribution in [0.1, 0.15) is 28.9 Å². The van der Waals surface area contributed by atoms with Crippen LogP contribution in [0.15, 0.2) is 40.6 Å². The molecule has 0 spiro atoms. The Balaban J connectivity index is 1.68. The Bertz CT molecular complexity index is 948. The molecule has 0 aliphatic carbocycles. The summed E-state index contributed by atoms with van der Waals surface area (Å²) in [4.78, 5) is 15.6. The molecule has 29 heavy (non-hydrogen) atoms. The van der Waals surface area contributed by atoms with Gasteiger partial charge in [-0.1, -0.05) is 12.5 Å². The Hall–Kier alpha value is -1.94. The second kappa shape index (κ2) is 8.83. The molecule has 4 rings (SSSR count). The lowest BCUT2D eigenvalue weighted by molar-refractivity contribution is 0.103. The van der Waals surface area contributed by atoms with Gasteiger partial charge >= 0.3 is 0 Å². The normalized spacial score (nSPS) is 18.6. The summed E-state index contributed by atoms with van der Waals surface area (Å²) < 4.78 is 33.2. The van der Waals surface area contributed by atoms with Crippen molar-refractivity contribution in [3.63, 3.8) is 0 Å². The molecule has 156 valence electrons. The van der Waals surface area contributed by atoms with Gasteiger partial charge in [-0.3, -0.25) is 4.79 Å². The molecule has 3 heterocycles. The molecular weight excluding hydrogens is 410 g/mol. The maximum atomic E-state index is 13.1. The van der Waals surface area contributed by atoms with Crippen LogP contribution in [0.25, 0.3) is 0 Å². The van der Waals surface area contributed by atoms with Gasteiger partial charge < -0.3 is 15.0 Å². The standard InChI is InChI=1S/C20H25N3O4S2/c24-20(19-5-4-14-28-19)21-17-15-16(29(25,26)23-8-2-1-3-9-23)6-7-18(17)22-10-12-27-13-11-22/h4-7,14-15H,1-3,8-13H2,(H,21,24). The van der Waals surface area contributed by atoms with E-state index in [9.17, 15) is 13.2 Å². The second-order valence-corrected chi connectivity index (χ2v) is 10.1. The number of sulfonamides is 1. The second-order valence-electron chi connectivity index (χ2n) is 7.17. The van der Waals surface area contributed by atoms with Crippen LogP contribution in [0, 0.1) is 0 Å². The van der Waals surface area contributed by atoms with Crippen molar-refractivity contribution < 1.29 is 17.9 Å². The SMILES string of the molecule is O=C(Nc1cc(S(=O)(=O)N2CCCCC2)ccc1N1CCOCC1)c1cccs1. The Kier molecular flexibility index (Phi) is 6.19. The maximum absolute atomic E-state index is 13.1. The minimum atomic E-state index is -3.58. The van der Waals surface area contributed by atoms with Gasteiger partial charge in [-0.25, -0.2) is 8.42 Å². The van der Waals surface area contributed by atoms with Crippen molar-refractivity contribution in [2.24, 2.45) is 0 Å².